The van der Waals surface area contributed by atoms with Crippen molar-refractivity contribution in [1.29, 1.82) is 0 Å². The van der Waals surface area contributed by atoms with Gasteiger partial charge < -0.3 is 20.0 Å². The second-order valence-electron chi connectivity index (χ2n) is 7.04. The molecule has 1 heterocycles. The van der Waals surface area contributed by atoms with Crippen molar-refractivity contribution in [1.82, 2.24) is 15.1 Å². The van der Waals surface area contributed by atoms with Crippen LogP contribution in [0.25, 0.3) is 0 Å². The van der Waals surface area contributed by atoms with Gasteiger partial charge in [0, 0.05) is 58.4 Å². The lowest BCUT2D eigenvalue weighted by Crippen LogP contribution is -2.49. The molecule has 162 valence electrons. The molecule has 1 amide bonds. The van der Waals surface area contributed by atoms with Gasteiger partial charge in [0.1, 0.15) is 0 Å². The number of amides is 1. The van der Waals surface area contributed by atoms with Crippen molar-refractivity contribution in [3.05, 3.63) is 43.0 Å². The van der Waals surface area contributed by atoms with Crippen molar-refractivity contribution in [3.63, 3.8) is 0 Å². The number of unbranched alkanes of at least 4 members (excludes halogenated alkanes) is 1. The lowest BCUT2D eigenvalue weighted by atomic mass is 10.2. The number of rotatable bonds is 9. The van der Waals surface area contributed by atoms with E-state index in [1.54, 1.807) is 0 Å². The molecular weight excluding hydrogens is 477 g/mol. The van der Waals surface area contributed by atoms with E-state index in [1.165, 1.54) is 5.69 Å². The number of guanidine groups is 1. The average Bonchev–Trinajstić information content (AvgIpc) is 2.74. The quantitative estimate of drug-likeness (QED) is 0.181. The van der Waals surface area contributed by atoms with E-state index in [-0.39, 0.29) is 29.9 Å². The van der Waals surface area contributed by atoms with Crippen LogP contribution in [0.2, 0.25) is 0 Å². The largest absolute Gasteiger partial charge is 0.368 e. The van der Waals surface area contributed by atoms with Crippen LogP contribution in [0.4, 0.5) is 5.69 Å². The summed E-state index contributed by atoms with van der Waals surface area (Å²) in [5.74, 6) is 1.06. The second kappa shape index (κ2) is 14.3. The first-order valence-electron chi connectivity index (χ1n) is 10.3. The van der Waals surface area contributed by atoms with Gasteiger partial charge in [-0.15, -0.1) is 30.6 Å². The first-order chi connectivity index (χ1) is 13.7. The van der Waals surface area contributed by atoms with E-state index < -0.39 is 0 Å². The molecule has 1 N–H and O–H groups in total. The van der Waals surface area contributed by atoms with Gasteiger partial charge in [-0.2, -0.15) is 0 Å². The van der Waals surface area contributed by atoms with E-state index in [0.29, 0.717) is 13.0 Å². The van der Waals surface area contributed by atoms with E-state index in [9.17, 15) is 4.79 Å². The van der Waals surface area contributed by atoms with Crippen LogP contribution in [-0.2, 0) is 4.79 Å². The number of anilines is 1. The van der Waals surface area contributed by atoms with Crippen molar-refractivity contribution in [2.24, 2.45) is 4.99 Å². The molecule has 0 aliphatic carbocycles. The predicted octanol–water partition coefficient (Wildman–Crippen LogP) is 3.21. The topological polar surface area (TPSA) is 51.2 Å². The van der Waals surface area contributed by atoms with Crippen molar-refractivity contribution >= 4 is 41.5 Å². The van der Waals surface area contributed by atoms with Gasteiger partial charge >= 0.3 is 0 Å². The predicted molar refractivity (Wildman–Crippen MR) is 133 cm³/mol. The number of benzene rings is 1. The standard InChI is InChI=1S/C22H35N5O.HI/c1-4-6-10-15-25(3)22(23-5-2)24-14-13-21(28)27-18-16-26(17-19-27)20-11-8-7-9-12-20;/h4,7-9,11-12H,1,5-6,10,13-19H2,2-3H3,(H,23,24);1H. The maximum Gasteiger partial charge on any atom is 0.224 e. The highest BCUT2D eigenvalue weighted by atomic mass is 127. The summed E-state index contributed by atoms with van der Waals surface area (Å²) >= 11 is 0. The third kappa shape index (κ3) is 8.64. The first-order valence-corrected chi connectivity index (χ1v) is 10.3. The fourth-order valence-electron chi connectivity index (χ4n) is 3.32. The molecule has 1 saturated heterocycles. The van der Waals surface area contributed by atoms with Crippen LogP contribution in [0.15, 0.2) is 48.0 Å². The number of piperazine rings is 1. The molecule has 1 fully saturated rings. The van der Waals surface area contributed by atoms with Gasteiger partial charge in [-0.1, -0.05) is 24.3 Å². The van der Waals surface area contributed by atoms with Gasteiger partial charge in [0.2, 0.25) is 5.91 Å². The van der Waals surface area contributed by atoms with Gasteiger partial charge in [-0.3, -0.25) is 9.79 Å². The number of halogens is 1. The Labute approximate surface area is 193 Å². The Morgan fingerprint density at radius 3 is 2.55 bits per heavy atom. The van der Waals surface area contributed by atoms with Crippen molar-refractivity contribution < 1.29 is 4.79 Å². The van der Waals surface area contributed by atoms with Crippen LogP contribution in [0.1, 0.15) is 26.2 Å². The number of carbonyl (C=O) groups is 1. The van der Waals surface area contributed by atoms with E-state index in [2.05, 4.69) is 57.9 Å². The zero-order valence-electron chi connectivity index (χ0n) is 17.8. The molecule has 7 heteroatoms. The number of para-hydroxylation sites is 1. The molecule has 1 aliphatic heterocycles. The highest BCUT2D eigenvalue weighted by Crippen LogP contribution is 2.15. The molecule has 1 aliphatic rings. The minimum atomic E-state index is 0. The van der Waals surface area contributed by atoms with E-state index >= 15 is 0 Å². The molecule has 0 spiro atoms. The van der Waals surface area contributed by atoms with Gasteiger partial charge in [-0.05, 0) is 31.9 Å². The number of carbonyl (C=O) groups excluding carboxylic acids is 1. The van der Waals surface area contributed by atoms with Gasteiger partial charge in [0.15, 0.2) is 5.96 Å². The van der Waals surface area contributed by atoms with Crippen LogP contribution in [0.5, 0.6) is 0 Å². The second-order valence-corrected chi connectivity index (χ2v) is 7.04. The van der Waals surface area contributed by atoms with Crippen LogP contribution in [0, 0.1) is 0 Å². The molecule has 0 atom stereocenters. The Kier molecular flexibility index (Phi) is 12.4. The van der Waals surface area contributed by atoms with Crippen LogP contribution < -0.4 is 10.2 Å². The van der Waals surface area contributed by atoms with E-state index in [1.807, 2.05) is 24.1 Å². The van der Waals surface area contributed by atoms with Crippen LogP contribution in [0.3, 0.4) is 0 Å². The SMILES string of the molecule is C=CCCCN(C)C(=NCCC(=O)N1CCN(c2ccccc2)CC1)NCC.I. The summed E-state index contributed by atoms with van der Waals surface area (Å²) in [6.07, 6.45) is 4.45. The third-order valence-corrected chi connectivity index (χ3v) is 4.94. The molecule has 1 aromatic carbocycles. The molecular formula is C22H36IN5O. The number of hydrogen-bond donors (Lipinski definition) is 1. The maximum atomic E-state index is 12.6. The molecule has 0 saturated carbocycles. The summed E-state index contributed by atoms with van der Waals surface area (Å²) in [5.41, 5.74) is 1.23. The summed E-state index contributed by atoms with van der Waals surface area (Å²) in [7, 11) is 2.04. The lowest BCUT2D eigenvalue weighted by molar-refractivity contribution is -0.131. The Morgan fingerprint density at radius 1 is 1.24 bits per heavy atom. The smallest absolute Gasteiger partial charge is 0.224 e. The Morgan fingerprint density at radius 2 is 1.93 bits per heavy atom. The number of allylic oxidation sites excluding steroid dienone is 1. The average molecular weight is 513 g/mol. The van der Waals surface area contributed by atoms with Crippen molar-refractivity contribution in [3.8, 4) is 0 Å². The Balaban J connectivity index is 0.00000420. The summed E-state index contributed by atoms with van der Waals surface area (Å²) in [5, 5.41) is 3.31. The third-order valence-electron chi connectivity index (χ3n) is 4.94. The van der Waals surface area contributed by atoms with E-state index in [0.717, 1.165) is 58.1 Å². The van der Waals surface area contributed by atoms with E-state index in [4.69, 9.17) is 0 Å². The summed E-state index contributed by atoms with van der Waals surface area (Å²) in [6, 6.07) is 10.4. The maximum absolute atomic E-state index is 12.6. The number of hydrogen-bond acceptors (Lipinski definition) is 3. The number of nitrogens with one attached hydrogen (secondary N) is 1. The minimum Gasteiger partial charge on any atom is -0.368 e. The first kappa shape index (κ1) is 25.3. The van der Waals surface area contributed by atoms with Crippen molar-refractivity contribution in [2.75, 3.05) is 57.8 Å². The molecule has 2 rings (SSSR count). The van der Waals surface area contributed by atoms with Gasteiger partial charge in [0.25, 0.3) is 0 Å². The normalized spacial score (nSPS) is 14.2. The zero-order chi connectivity index (χ0) is 20.2. The molecule has 1 aromatic rings. The summed E-state index contributed by atoms with van der Waals surface area (Å²) in [4.78, 5) is 23.6. The molecule has 0 aromatic heterocycles. The highest BCUT2D eigenvalue weighted by molar-refractivity contribution is 14.0. The van der Waals surface area contributed by atoms with Gasteiger partial charge in [-0.25, -0.2) is 0 Å². The molecule has 0 bridgehead atoms. The fraction of sp³-hybridized carbons (Fsp3) is 0.545. The fourth-order valence-corrected chi connectivity index (χ4v) is 3.32. The zero-order valence-corrected chi connectivity index (χ0v) is 20.2. The molecule has 0 unspecified atom stereocenters. The van der Waals surface area contributed by atoms with Gasteiger partial charge in [0.05, 0.1) is 6.54 Å². The highest BCUT2D eigenvalue weighted by Gasteiger charge is 2.20. The number of nitrogens with zero attached hydrogens (tertiary/aromatic N) is 4. The Bertz CT molecular complexity index is 629. The van der Waals surface area contributed by atoms with Crippen LogP contribution >= 0.6 is 24.0 Å². The number of aliphatic imine (C=N–C) groups is 1. The molecule has 6 nitrogen and oxygen atoms in total. The Hall–Kier alpha value is -1.77. The summed E-state index contributed by atoms with van der Waals surface area (Å²) in [6.45, 7) is 11.4. The lowest BCUT2D eigenvalue weighted by Gasteiger charge is -2.36. The van der Waals surface area contributed by atoms with Crippen molar-refractivity contribution in [2.45, 2.75) is 26.2 Å². The molecule has 29 heavy (non-hydrogen) atoms. The monoisotopic (exact) mass is 513 g/mol. The van der Waals surface area contributed by atoms with Crippen LogP contribution in [-0.4, -0.2) is 74.5 Å². The summed E-state index contributed by atoms with van der Waals surface area (Å²) < 4.78 is 0. The minimum absolute atomic E-state index is 0. The molecule has 0 radical (unpaired) electrons.